The average molecular weight is 291 g/mol. The minimum Gasteiger partial charge on any atom is -0.492 e. The van der Waals surface area contributed by atoms with Crippen LogP contribution in [0.3, 0.4) is 0 Å². The third-order valence-corrected chi connectivity index (χ3v) is 3.10. The van der Waals surface area contributed by atoms with Crippen molar-refractivity contribution in [3.05, 3.63) is 54.2 Å². The Balaban J connectivity index is 1.67. The Labute approximate surface area is 123 Å². The maximum atomic E-state index is 12.7. The maximum Gasteiger partial charge on any atom is 0.222 e. The van der Waals surface area contributed by atoms with Crippen molar-refractivity contribution in [2.75, 3.05) is 20.2 Å². The van der Waals surface area contributed by atoms with Crippen LogP contribution in [0.15, 0.2) is 47.1 Å². The van der Waals surface area contributed by atoms with Gasteiger partial charge in [0.25, 0.3) is 0 Å². The van der Waals surface area contributed by atoms with E-state index in [1.54, 1.807) is 36.4 Å². The van der Waals surface area contributed by atoms with E-state index < -0.39 is 0 Å². The molecule has 0 spiro atoms. The summed E-state index contributed by atoms with van der Waals surface area (Å²) in [5.41, 5.74) is 0. The van der Waals surface area contributed by atoms with Gasteiger partial charge in [-0.3, -0.25) is 4.79 Å². The zero-order valence-corrected chi connectivity index (χ0v) is 11.9. The van der Waals surface area contributed by atoms with Crippen molar-refractivity contribution in [1.29, 1.82) is 0 Å². The van der Waals surface area contributed by atoms with Crippen LogP contribution in [0.4, 0.5) is 4.39 Å². The lowest BCUT2D eigenvalue weighted by Gasteiger charge is -2.17. The molecule has 5 heteroatoms. The SMILES string of the molecule is CN(CCOc1ccc(F)cc1)C(=O)CCc1ccco1. The number of halogens is 1. The maximum absolute atomic E-state index is 12.7. The van der Waals surface area contributed by atoms with Crippen LogP contribution in [-0.2, 0) is 11.2 Å². The molecule has 1 amide bonds. The first kappa shape index (κ1) is 15.1. The largest absolute Gasteiger partial charge is 0.492 e. The number of benzene rings is 1. The lowest BCUT2D eigenvalue weighted by Crippen LogP contribution is -2.31. The van der Waals surface area contributed by atoms with E-state index in [1.165, 1.54) is 12.1 Å². The quantitative estimate of drug-likeness (QED) is 0.787. The minimum atomic E-state index is -0.299. The highest BCUT2D eigenvalue weighted by Crippen LogP contribution is 2.11. The first-order chi connectivity index (χ1) is 10.1. The monoisotopic (exact) mass is 291 g/mol. The molecule has 1 heterocycles. The average Bonchev–Trinajstić information content (AvgIpc) is 3.00. The predicted octanol–water partition coefficient (Wildman–Crippen LogP) is 2.89. The summed E-state index contributed by atoms with van der Waals surface area (Å²) >= 11 is 0. The number of likely N-dealkylation sites (N-methyl/N-ethyl adjacent to an activating group) is 1. The second-order valence-corrected chi connectivity index (χ2v) is 4.70. The summed E-state index contributed by atoms with van der Waals surface area (Å²) < 4.78 is 23.4. The molecular weight excluding hydrogens is 273 g/mol. The minimum absolute atomic E-state index is 0.0362. The van der Waals surface area contributed by atoms with Crippen LogP contribution in [0.1, 0.15) is 12.2 Å². The molecule has 0 saturated carbocycles. The number of hydrogen-bond acceptors (Lipinski definition) is 3. The Morgan fingerprint density at radius 3 is 2.71 bits per heavy atom. The molecule has 0 atom stereocenters. The highest BCUT2D eigenvalue weighted by molar-refractivity contribution is 5.76. The summed E-state index contributed by atoms with van der Waals surface area (Å²) in [6.07, 6.45) is 2.59. The molecule has 21 heavy (non-hydrogen) atoms. The van der Waals surface area contributed by atoms with Crippen LogP contribution in [0.2, 0.25) is 0 Å². The Kier molecular flexibility index (Phi) is 5.37. The van der Waals surface area contributed by atoms with Gasteiger partial charge in [-0.1, -0.05) is 0 Å². The summed E-state index contributed by atoms with van der Waals surface area (Å²) in [6.45, 7) is 0.850. The van der Waals surface area contributed by atoms with Crippen molar-refractivity contribution in [2.24, 2.45) is 0 Å². The zero-order valence-electron chi connectivity index (χ0n) is 11.9. The lowest BCUT2D eigenvalue weighted by atomic mass is 10.2. The van der Waals surface area contributed by atoms with Crippen molar-refractivity contribution in [2.45, 2.75) is 12.8 Å². The first-order valence-corrected chi connectivity index (χ1v) is 6.80. The highest BCUT2D eigenvalue weighted by atomic mass is 19.1. The van der Waals surface area contributed by atoms with Gasteiger partial charge in [0.1, 0.15) is 23.9 Å². The number of furan rings is 1. The molecule has 1 aromatic heterocycles. The molecule has 0 aliphatic rings. The molecule has 0 aliphatic carbocycles. The third kappa shape index (κ3) is 4.95. The van der Waals surface area contributed by atoms with Crippen molar-refractivity contribution < 1.29 is 18.3 Å². The van der Waals surface area contributed by atoms with Crippen molar-refractivity contribution in [1.82, 2.24) is 4.90 Å². The Hall–Kier alpha value is -2.30. The molecular formula is C16H18FNO3. The van der Waals surface area contributed by atoms with Crippen LogP contribution in [0.25, 0.3) is 0 Å². The van der Waals surface area contributed by atoms with Gasteiger partial charge in [-0.2, -0.15) is 0 Å². The van der Waals surface area contributed by atoms with Crippen LogP contribution in [-0.4, -0.2) is 31.0 Å². The van der Waals surface area contributed by atoms with Gasteiger partial charge in [0.05, 0.1) is 12.8 Å². The number of ether oxygens (including phenoxy) is 1. The molecule has 0 bridgehead atoms. The summed E-state index contributed by atoms with van der Waals surface area (Å²) in [5, 5.41) is 0. The smallest absolute Gasteiger partial charge is 0.222 e. The molecule has 0 fully saturated rings. The van der Waals surface area contributed by atoms with Gasteiger partial charge in [-0.25, -0.2) is 4.39 Å². The third-order valence-electron chi connectivity index (χ3n) is 3.10. The topological polar surface area (TPSA) is 42.7 Å². The van der Waals surface area contributed by atoms with E-state index in [0.717, 1.165) is 5.76 Å². The van der Waals surface area contributed by atoms with Crippen LogP contribution in [0.5, 0.6) is 5.75 Å². The van der Waals surface area contributed by atoms with Crippen LogP contribution < -0.4 is 4.74 Å². The van der Waals surface area contributed by atoms with Crippen LogP contribution in [0, 0.1) is 5.82 Å². The van der Waals surface area contributed by atoms with E-state index in [9.17, 15) is 9.18 Å². The molecule has 1 aromatic carbocycles. The van der Waals surface area contributed by atoms with Crippen molar-refractivity contribution in [3.8, 4) is 5.75 Å². The van der Waals surface area contributed by atoms with Gasteiger partial charge in [0, 0.05) is 19.9 Å². The van der Waals surface area contributed by atoms with Crippen LogP contribution >= 0.6 is 0 Å². The second kappa shape index (κ2) is 7.47. The highest BCUT2D eigenvalue weighted by Gasteiger charge is 2.09. The van der Waals surface area contributed by atoms with E-state index in [2.05, 4.69) is 0 Å². The fourth-order valence-electron chi connectivity index (χ4n) is 1.83. The summed E-state index contributed by atoms with van der Waals surface area (Å²) in [4.78, 5) is 13.5. The molecule has 2 aromatic rings. The number of carbonyl (C=O) groups excluding carboxylic acids is 1. The molecule has 0 N–H and O–H groups in total. The molecule has 0 radical (unpaired) electrons. The predicted molar refractivity (Wildman–Crippen MR) is 76.6 cm³/mol. The van der Waals surface area contributed by atoms with E-state index in [-0.39, 0.29) is 11.7 Å². The molecule has 0 saturated heterocycles. The van der Waals surface area contributed by atoms with E-state index in [0.29, 0.717) is 31.7 Å². The lowest BCUT2D eigenvalue weighted by molar-refractivity contribution is -0.130. The van der Waals surface area contributed by atoms with Crippen molar-refractivity contribution >= 4 is 5.91 Å². The van der Waals surface area contributed by atoms with E-state index in [1.807, 2.05) is 6.07 Å². The zero-order chi connectivity index (χ0) is 15.1. The summed E-state index contributed by atoms with van der Waals surface area (Å²) in [6, 6.07) is 9.47. The number of amides is 1. The number of rotatable bonds is 7. The van der Waals surface area contributed by atoms with Gasteiger partial charge >= 0.3 is 0 Å². The number of carbonyl (C=O) groups is 1. The fraction of sp³-hybridized carbons (Fsp3) is 0.312. The Bertz CT molecular complexity index is 551. The van der Waals surface area contributed by atoms with E-state index in [4.69, 9.17) is 9.15 Å². The summed E-state index contributed by atoms with van der Waals surface area (Å²) in [5.74, 6) is 1.13. The van der Waals surface area contributed by atoms with Crippen molar-refractivity contribution in [3.63, 3.8) is 0 Å². The van der Waals surface area contributed by atoms with E-state index >= 15 is 0 Å². The normalized spacial score (nSPS) is 10.4. The molecule has 0 unspecified atom stereocenters. The fourth-order valence-corrected chi connectivity index (χ4v) is 1.83. The number of aryl methyl sites for hydroxylation is 1. The van der Waals surface area contributed by atoms with Gasteiger partial charge in [-0.05, 0) is 36.4 Å². The summed E-state index contributed by atoms with van der Waals surface area (Å²) in [7, 11) is 1.73. The Morgan fingerprint density at radius 2 is 2.05 bits per heavy atom. The van der Waals surface area contributed by atoms with Gasteiger partial charge in [0.15, 0.2) is 0 Å². The standard InChI is InChI=1S/C16H18FNO3/c1-18(16(19)9-8-14-3-2-11-20-14)10-12-21-15-6-4-13(17)5-7-15/h2-7,11H,8-10,12H2,1H3. The molecule has 2 rings (SSSR count). The van der Waals surface area contributed by atoms with Gasteiger partial charge in [0.2, 0.25) is 5.91 Å². The number of hydrogen-bond donors (Lipinski definition) is 0. The van der Waals surface area contributed by atoms with Gasteiger partial charge in [-0.15, -0.1) is 0 Å². The molecule has 112 valence electrons. The Morgan fingerprint density at radius 1 is 1.29 bits per heavy atom. The molecule has 0 aliphatic heterocycles. The van der Waals surface area contributed by atoms with Gasteiger partial charge < -0.3 is 14.1 Å². The first-order valence-electron chi connectivity index (χ1n) is 6.80. The second-order valence-electron chi connectivity index (χ2n) is 4.70. The number of nitrogens with zero attached hydrogens (tertiary/aromatic N) is 1. The molecule has 4 nitrogen and oxygen atoms in total.